The van der Waals surface area contributed by atoms with E-state index in [1.165, 1.54) is 0 Å². The van der Waals surface area contributed by atoms with Gasteiger partial charge < -0.3 is 15.7 Å². The zero-order chi connectivity index (χ0) is 18.8. The predicted octanol–water partition coefficient (Wildman–Crippen LogP) is 2.65. The van der Waals surface area contributed by atoms with E-state index in [1.807, 2.05) is 26.8 Å². The van der Waals surface area contributed by atoms with E-state index in [2.05, 4.69) is 10.6 Å². The number of amides is 2. The van der Waals surface area contributed by atoms with Crippen LogP contribution in [-0.4, -0.2) is 28.9 Å². The molecule has 138 valence electrons. The summed E-state index contributed by atoms with van der Waals surface area (Å²) in [6.07, 6.45) is 2.20. The molecule has 0 saturated heterocycles. The molecule has 0 radical (unpaired) electrons. The number of unbranched alkanes of at least 4 members (excludes halogenated alkanes) is 1. The van der Waals surface area contributed by atoms with Gasteiger partial charge in [0.2, 0.25) is 11.8 Å². The molecule has 1 unspecified atom stereocenters. The molecule has 0 heterocycles. The molecule has 0 aromatic heterocycles. The summed E-state index contributed by atoms with van der Waals surface area (Å²) in [5, 5.41) is 14.6. The van der Waals surface area contributed by atoms with Crippen LogP contribution >= 0.6 is 0 Å². The summed E-state index contributed by atoms with van der Waals surface area (Å²) < 4.78 is 0. The van der Waals surface area contributed by atoms with Gasteiger partial charge in [0.25, 0.3) is 0 Å². The molecule has 1 aromatic rings. The fourth-order valence-electron chi connectivity index (χ4n) is 2.46. The van der Waals surface area contributed by atoms with Crippen LogP contribution < -0.4 is 10.6 Å². The highest BCUT2D eigenvalue weighted by molar-refractivity contribution is 5.91. The predicted molar refractivity (Wildman–Crippen MR) is 95.9 cm³/mol. The lowest BCUT2D eigenvalue weighted by Crippen LogP contribution is -2.47. The Bertz CT molecular complexity index is 572. The molecule has 0 aliphatic rings. The van der Waals surface area contributed by atoms with E-state index < -0.39 is 24.0 Å². The van der Waals surface area contributed by atoms with Gasteiger partial charge in [-0.3, -0.25) is 9.59 Å². The van der Waals surface area contributed by atoms with Gasteiger partial charge in [-0.2, -0.15) is 0 Å². The standard InChI is InChI=1S/C19H28N2O4/c1-4-5-11-15(19(24)25)20-18(23)17(14-9-7-6-8-10-14)21-16(22)12-13(2)3/h6-10,13,15,17H,4-5,11-12H2,1-3H3,(H,20,23)(H,21,22)(H,24,25)/t15-,17?/m0/s1. The second-order valence-electron chi connectivity index (χ2n) is 6.55. The average molecular weight is 348 g/mol. The molecule has 0 saturated carbocycles. The Balaban J connectivity index is 2.92. The SMILES string of the molecule is CCCC[C@H](NC(=O)C(NC(=O)CC(C)C)c1ccccc1)C(=O)O. The fourth-order valence-corrected chi connectivity index (χ4v) is 2.46. The van der Waals surface area contributed by atoms with Gasteiger partial charge in [-0.25, -0.2) is 4.79 Å². The second-order valence-corrected chi connectivity index (χ2v) is 6.55. The number of carbonyl (C=O) groups excluding carboxylic acids is 2. The first kappa shape index (κ1) is 20.7. The largest absolute Gasteiger partial charge is 0.480 e. The van der Waals surface area contributed by atoms with Gasteiger partial charge in [0, 0.05) is 6.42 Å². The molecule has 0 spiro atoms. The van der Waals surface area contributed by atoms with E-state index >= 15 is 0 Å². The summed E-state index contributed by atoms with van der Waals surface area (Å²) in [6, 6.07) is 6.97. The van der Waals surface area contributed by atoms with E-state index in [0.717, 1.165) is 6.42 Å². The zero-order valence-electron chi connectivity index (χ0n) is 15.1. The number of carboxylic acids is 1. The highest BCUT2D eigenvalue weighted by Gasteiger charge is 2.27. The Kier molecular flexibility index (Phi) is 8.67. The van der Waals surface area contributed by atoms with Crippen molar-refractivity contribution in [1.29, 1.82) is 0 Å². The van der Waals surface area contributed by atoms with E-state index in [9.17, 15) is 19.5 Å². The first-order valence-electron chi connectivity index (χ1n) is 8.72. The van der Waals surface area contributed by atoms with Gasteiger partial charge in [0.1, 0.15) is 12.1 Å². The molecular weight excluding hydrogens is 320 g/mol. The maximum absolute atomic E-state index is 12.7. The summed E-state index contributed by atoms with van der Waals surface area (Å²) in [7, 11) is 0. The van der Waals surface area contributed by atoms with Crippen molar-refractivity contribution in [3.63, 3.8) is 0 Å². The lowest BCUT2D eigenvalue weighted by molar-refractivity contribution is -0.142. The molecular formula is C19H28N2O4. The van der Waals surface area contributed by atoms with Crippen LogP contribution in [0.5, 0.6) is 0 Å². The van der Waals surface area contributed by atoms with Crippen molar-refractivity contribution in [2.24, 2.45) is 5.92 Å². The molecule has 0 bridgehead atoms. The summed E-state index contributed by atoms with van der Waals surface area (Å²) in [5.41, 5.74) is 0.622. The van der Waals surface area contributed by atoms with Crippen LogP contribution in [0.25, 0.3) is 0 Å². The molecule has 6 heteroatoms. The van der Waals surface area contributed by atoms with Crippen molar-refractivity contribution < 1.29 is 19.5 Å². The van der Waals surface area contributed by atoms with Gasteiger partial charge in [0.05, 0.1) is 0 Å². The summed E-state index contributed by atoms with van der Waals surface area (Å²) in [4.78, 5) is 36.1. The molecule has 2 atom stereocenters. The number of rotatable bonds is 10. The number of carbonyl (C=O) groups is 3. The first-order valence-corrected chi connectivity index (χ1v) is 8.72. The van der Waals surface area contributed by atoms with E-state index in [1.54, 1.807) is 24.3 Å². The van der Waals surface area contributed by atoms with Gasteiger partial charge in [-0.15, -0.1) is 0 Å². The van der Waals surface area contributed by atoms with Crippen LogP contribution in [0.3, 0.4) is 0 Å². The normalized spacial score (nSPS) is 13.1. The molecule has 0 aliphatic carbocycles. The van der Waals surface area contributed by atoms with E-state index in [-0.39, 0.29) is 11.8 Å². The van der Waals surface area contributed by atoms with Crippen molar-refractivity contribution in [2.75, 3.05) is 0 Å². The summed E-state index contributed by atoms with van der Waals surface area (Å²) in [5.74, 6) is -1.65. The van der Waals surface area contributed by atoms with Crippen molar-refractivity contribution in [1.82, 2.24) is 10.6 Å². The molecule has 1 aromatic carbocycles. The summed E-state index contributed by atoms with van der Waals surface area (Å²) in [6.45, 7) is 5.80. The maximum atomic E-state index is 12.7. The van der Waals surface area contributed by atoms with Crippen LogP contribution in [0.1, 0.15) is 58.1 Å². The first-order chi connectivity index (χ1) is 11.8. The topological polar surface area (TPSA) is 95.5 Å². The number of nitrogens with one attached hydrogen (secondary N) is 2. The van der Waals surface area contributed by atoms with Crippen LogP contribution in [0.2, 0.25) is 0 Å². The maximum Gasteiger partial charge on any atom is 0.326 e. The molecule has 0 aliphatic heterocycles. The van der Waals surface area contributed by atoms with Gasteiger partial charge >= 0.3 is 5.97 Å². The molecule has 3 N–H and O–H groups in total. The van der Waals surface area contributed by atoms with E-state index in [0.29, 0.717) is 24.8 Å². The third kappa shape index (κ3) is 7.37. The Morgan fingerprint density at radius 3 is 2.24 bits per heavy atom. The Labute approximate surface area is 149 Å². The Morgan fingerprint density at radius 2 is 1.72 bits per heavy atom. The lowest BCUT2D eigenvalue weighted by Gasteiger charge is -2.22. The third-order valence-corrected chi connectivity index (χ3v) is 3.76. The minimum atomic E-state index is -1.07. The highest BCUT2D eigenvalue weighted by Crippen LogP contribution is 2.15. The monoisotopic (exact) mass is 348 g/mol. The van der Waals surface area contributed by atoms with Gasteiger partial charge in [-0.05, 0) is 17.9 Å². The minimum Gasteiger partial charge on any atom is -0.480 e. The summed E-state index contributed by atoms with van der Waals surface area (Å²) >= 11 is 0. The van der Waals surface area contributed by atoms with Crippen LogP contribution in [0, 0.1) is 5.92 Å². The highest BCUT2D eigenvalue weighted by atomic mass is 16.4. The Hall–Kier alpha value is -2.37. The fraction of sp³-hybridized carbons (Fsp3) is 0.526. The van der Waals surface area contributed by atoms with E-state index in [4.69, 9.17) is 0 Å². The molecule has 25 heavy (non-hydrogen) atoms. The number of carboxylic acid groups (broad SMARTS) is 1. The second kappa shape index (κ2) is 10.5. The smallest absolute Gasteiger partial charge is 0.326 e. The number of hydrogen-bond acceptors (Lipinski definition) is 3. The minimum absolute atomic E-state index is 0.163. The van der Waals surface area contributed by atoms with Gasteiger partial charge in [-0.1, -0.05) is 63.9 Å². The van der Waals surface area contributed by atoms with Gasteiger partial charge in [0.15, 0.2) is 0 Å². The van der Waals surface area contributed by atoms with Crippen LogP contribution in [-0.2, 0) is 14.4 Å². The van der Waals surface area contributed by atoms with Crippen LogP contribution in [0.4, 0.5) is 0 Å². The number of hydrogen-bond donors (Lipinski definition) is 3. The van der Waals surface area contributed by atoms with Crippen molar-refractivity contribution in [3.8, 4) is 0 Å². The molecule has 1 rings (SSSR count). The molecule has 2 amide bonds. The number of benzene rings is 1. The van der Waals surface area contributed by atoms with Crippen molar-refractivity contribution in [2.45, 2.75) is 58.5 Å². The quantitative estimate of drug-likeness (QED) is 0.606. The van der Waals surface area contributed by atoms with Crippen LogP contribution in [0.15, 0.2) is 30.3 Å². The average Bonchev–Trinajstić information content (AvgIpc) is 2.56. The van der Waals surface area contributed by atoms with Crippen molar-refractivity contribution in [3.05, 3.63) is 35.9 Å². The molecule has 0 fully saturated rings. The Morgan fingerprint density at radius 1 is 1.08 bits per heavy atom. The lowest BCUT2D eigenvalue weighted by atomic mass is 10.0. The zero-order valence-corrected chi connectivity index (χ0v) is 15.1. The molecule has 6 nitrogen and oxygen atoms in total. The number of aliphatic carboxylic acids is 1. The third-order valence-electron chi connectivity index (χ3n) is 3.76. The van der Waals surface area contributed by atoms with Crippen molar-refractivity contribution >= 4 is 17.8 Å².